The Hall–Kier alpha value is -3.41. The first-order valence-corrected chi connectivity index (χ1v) is 8.51. The lowest BCUT2D eigenvalue weighted by Crippen LogP contribution is -2.22. The molecule has 3 aromatic rings. The Morgan fingerprint density at radius 3 is 2.56 bits per heavy atom. The molecule has 0 unspecified atom stereocenters. The summed E-state index contributed by atoms with van der Waals surface area (Å²) in [5, 5.41) is 3.09. The Kier molecular flexibility index (Phi) is 5.66. The van der Waals surface area contributed by atoms with E-state index in [9.17, 15) is 4.39 Å². The molecule has 0 aliphatic heterocycles. The van der Waals surface area contributed by atoms with Crippen LogP contribution in [-0.4, -0.2) is 10.9 Å². The minimum atomic E-state index is -0.356. The van der Waals surface area contributed by atoms with Crippen molar-refractivity contribution in [2.24, 2.45) is 10.7 Å². The van der Waals surface area contributed by atoms with Crippen molar-refractivity contribution in [3.8, 4) is 11.6 Å². The van der Waals surface area contributed by atoms with E-state index in [0.29, 0.717) is 24.1 Å². The fraction of sp³-hybridized carbons (Fsp3) is 0.143. The molecule has 0 radical (unpaired) electrons. The largest absolute Gasteiger partial charge is 0.439 e. The number of hydrogen-bond acceptors (Lipinski definition) is 3. The lowest BCUT2D eigenvalue weighted by atomic mass is 10.1. The summed E-state index contributed by atoms with van der Waals surface area (Å²) in [5.74, 6) is 0.759. The van der Waals surface area contributed by atoms with Crippen LogP contribution in [0.25, 0.3) is 0 Å². The lowest BCUT2D eigenvalue weighted by Gasteiger charge is -2.08. The van der Waals surface area contributed by atoms with Gasteiger partial charge in [-0.05, 0) is 54.8 Å². The number of aliphatic imine (C=N–C) groups is 1. The van der Waals surface area contributed by atoms with E-state index < -0.39 is 0 Å². The Morgan fingerprint density at radius 2 is 1.89 bits per heavy atom. The highest BCUT2D eigenvalue weighted by atomic mass is 19.1. The molecule has 0 saturated carbocycles. The molecule has 0 aliphatic rings. The zero-order valence-corrected chi connectivity index (χ0v) is 15.2. The van der Waals surface area contributed by atoms with Gasteiger partial charge < -0.3 is 15.8 Å². The summed E-state index contributed by atoms with van der Waals surface area (Å²) in [5.41, 5.74) is 10.1. The minimum absolute atomic E-state index is 0.333. The number of nitrogens with zero attached hydrogens (tertiary/aromatic N) is 2. The highest BCUT2D eigenvalue weighted by Gasteiger charge is 2.02. The van der Waals surface area contributed by atoms with Crippen molar-refractivity contribution < 1.29 is 9.13 Å². The van der Waals surface area contributed by atoms with Gasteiger partial charge in [-0.25, -0.2) is 14.4 Å². The maximum absolute atomic E-state index is 13.2. The normalized spacial score (nSPS) is 11.3. The highest BCUT2D eigenvalue weighted by molar-refractivity contribution is 5.92. The molecule has 0 fully saturated rings. The molecule has 0 amide bonds. The van der Waals surface area contributed by atoms with E-state index in [-0.39, 0.29) is 5.82 Å². The molecule has 27 heavy (non-hydrogen) atoms. The van der Waals surface area contributed by atoms with Crippen LogP contribution in [0.3, 0.4) is 0 Å². The average molecular weight is 364 g/mol. The molecular weight excluding hydrogens is 343 g/mol. The third-order valence-corrected chi connectivity index (χ3v) is 3.74. The predicted octanol–water partition coefficient (Wildman–Crippen LogP) is 4.56. The topological polar surface area (TPSA) is 72.5 Å². The summed E-state index contributed by atoms with van der Waals surface area (Å²) in [4.78, 5) is 8.54. The first-order valence-electron chi connectivity index (χ1n) is 8.51. The van der Waals surface area contributed by atoms with Gasteiger partial charge in [0.15, 0.2) is 5.96 Å². The molecule has 5 nitrogen and oxygen atoms in total. The second kappa shape index (κ2) is 8.31. The van der Waals surface area contributed by atoms with Gasteiger partial charge in [-0.1, -0.05) is 18.2 Å². The molecule has 0 spiro atoms. The number of nitrogens with one attached hydrogen (secondary N) is 1. The Balaban J connectivity index is 1.59. The van der Waals surface area contributed by atoms with Crippen LogP contribution in [0.4, 0.5) is 10.1 Å². The summed E-state index contributed by atoms with van der Waals surface area (Å²) in [6, 6.07) is 15.6. The SMILES string of the molecule is Cc1cc(C)cc(NC(N)=NCc2ccc(Oc3cccc(F)c3)nc2)c1. The van der Waals surface area contributed by atoms with Crippen LogP contribution >= 0.6 is 0 Å². The van der Waals surface area contributed by atoms with Gasteiger partial charge in [-0.2, -0.15) is 0 Å². The summed E-state index contributed by atoms with van der Waals surface area (Å²) in [6.45, 7) is 4.45. The molecule has 3 rings (SSSR count). The number of ether oxygens (including phenoxy) is 1. The van der Waals surface area contributed by atoms with Gasteiger partial charge in [-0.15, -0.1) is 0 Å². The fourth-order valence-electron chi connectivity index (χ4n) is 2.63. The van der Waals surface area contributed by atoms with E-state index in [4.69, 9.17) is 10.5 Å². The predicted molar refractivity (Wildman–Crippen MR) is 106 cm³/mol. The number of rotatable bonds is 5. The van der Waals surface area contributed by atoms with Crippen molar-refractivity contribution >= 4 is 11.6 Å². The fourth-order valence-corrected chi connectivity index (χ4v) is 2.63. The first-order chi connectivity index (χ1) is 13.0. The van der Waals surface area contributed by atoms with Crippen LogP contribution in [0, 0.1) is 19.7 Å². The molecule has 0 aliphatic carbocycles. The molecule has 0 saturated heterocycles. The molecule has 0 bridgehead atoms. The van der Waals surface area contributed by atoms with E-state index in [2.05, 4.69) is 21.4 Å². The van der Waals surface area contributed by atoms with E-state index in [0.717, 1.165) is 22.4 Å². The summed E-state index contributed by atoms with van der Waals surface area (Å²) in [6.07, 6.45) is 1.65. The van der Waals surface area contributed by atoms with Crippen molar-refractivity contribution in [1.82, 2.24) is 4.98 Å². The van der Waals surface area contributed by atoms with Crippen LogP contribution in [0.15, 0.2) is 65.8 Å². The number of hydrogen-bond donors (Lipinski definition) is 2. The van der Waals surface area contributed by atoms with Crippen molar-refractivity contribution in [2.45, 2.75) is 20.4 Å². The number of guanidine groups is 1. The van der Waals surface area contributed by atoms with Gasteiger partial charge in [-0.3, -0.25) is 0 Å². The minimum Gasteiger partial charge on any atom is -0.439 e. The third kappa shape index (κ3) is 5.54. The highest BCUT2D eigenvalue weighted by Crippen LogP contribution is 2.20. The standard InChI is InChI=1S/C21H21FN4O/c1-14-8-15(2)10-18(9-14)26-21(23)25-13-16-6-7-20(24-12-16)27-19-5-3-4-17(22)11-19/h3-12H,13H2,1-2H3,(H3,23,25,26). The van der Waals surface area contributed by atoms with Gasteiger partial charge in [0.05, 0.1) is 6.54 Å². The summed E-state index contributed by atoms with van der Waals surface area (Å²) >= 11 is 0. The molecule has 1 aromatic heterocycles. The molecule has 138 valence electrons. The maximum atomic E-state index is 13.2. The zero-order valence-electron chi connectivity index (χ0n) is 15.2. The Bertz CT molecular complexity index is 934. The van der Waals surface area contributed by atoms with Gasteiger partial charge in [0.1, 0.15) is 11.6 Å². The van der Waals surface area contributed by atoms with Crippen LogP contribution in [0.5, 0.6) is 11.6 Å². The number of benzene rings is 2. The first kappa shape index (κ1) is 18.4. The molecule has 6 heteroatoms. The van der Waals surface area contributed by atoms with Crippen molar-refractivity contribution in [1.29, 1.82) is 0 Å². The molecular formula is C21H21FN4O. The number of nitrogens with two attached hydrogens (primary N) is 1. The van der Waals surface area contributed by atoms with E-state index in [1.54, 1.807) is 24.4 Å². The Labute approximate surface area is 157 Å². The van der Waals surface area contributed by atoms with Gasteiger partial charge in [0.25, 0.3) is 0 Å². The maximum Gasteiger partial charge on any atom is 0.219 e. The zero-order chi connectivity index (χ0) is 19.2. The Morgan fingerprint density at radius 1 is 1.11 bits per heavy atom. The van der Waals surface area contributed by atoms with Crippen molar-refractivity contribution in [3.63, 3.8) is 0 Å². The number of pyridine rings is 1. The van der Waals surface area contributed by atoms with Gasteiger partial charge in [0, 0.05) is 24.0 Å². The van der Waals surface area contributed by atoms with Crippen LogP contribution in [0.1, 0.15) is 16.7 Å². The van der Waals surface area contributed by atoms with E-state index in [1.165, 1.54) is 12.1 Å². The summed E-state index contributed by atoms with van der Waals surface area (Å²) in [7, 11) is 0. The quantitative estimate of drug-likeness (QED) is 0.514. The number of anilines is 1. The smallest absolute Gasteiger partial charge is 0.219 e. The number of halogens is 1. The number of aromatic nitrogens is 1. The van der Waals surface area contributed by atoms with E-state index >= 15 is 0 Å². The van der Waals surface area contributed by atoms with Crippen LogP contribution in [-0.2, 0) is 6.54 Å². The van der Waals surface area contributed by atoms with Gasteiger partial charge >= 0.3 is 0 Å². The van der Waals surface area contributed by atoms with Crippen LogP contribution < -0.4 is 15.8 Å². The third-order valence-electron chi connectivity index (χ3n) is 3.74. The summed E-state index contributed by atoms with van der Waals surface area (Å²) < 4.78 is 18.7. The second-order valence-electron chi connectivity index (χ2n) is 6.27. The second-order valence-corrected chi connectivity index (χ2v) is 6.27. The number of aryl methyl sites for hydroxylation is 2. The van der Waals surface area contributed by atoms with Crippen LogP contribution in [0.2, 0.25) is 0 Å². The van der Waals surface area contributed by atoms with Gasteiger partial charge in [0.2, 0.25) is 5.88 Å². The average Bonchev–Trinajstić information content (AvgIpc) is 2.60. The monoisotopic (exact) mass is 364 g/mol. The van der Waals surface area contributed by atoms with Crippen molar-refractivity contribution in [2.75, 3.05) is 5.32 Å². The molecule has 2 aromatic carbocycles. The molecule has 3 N–H and O–H groups in total. The van der Waals surface area contributed by atoms with E-state index in [1.807, 2.05) is 32.0 Å². The van der Waals surface area contributed by atoms with Crippen molar-refractivity contribution in [3.05, 3.63) is 83.3 Å². The lowest BCUT2D eigenvalue weighted by molar-refractivity contribution is 0.457. The molecule has 0 atom stereocenters. The molecule has 1 heterocycles.